The molecule has 0 fully saturated rings. The van der Waals surface area contributed by atoms with E-state index in [1.165, 1.54) is 0 Å². The Bertz CT molecular complexity index is 271. The minimum Gasteiger partial charge on any atom is -0.410 e. The van der Waals surface area contributed by atoms with E-state index in [-0.39, 0.29) is 11.1 Å². The van der Waals surface area contributed by atoms with Crippen LogP contribution >= 0.6 is 22.9 Å². The molecule has 72 valence electrons. The molecule has 0 saturated carbocycles. The van der Waals surface area contributed by atoms with Gasteiger partial charge in [0.2, 0.25) is 0 Å². The summed E-state index contributed by atoms with van der Waals surface area (Å²) < 4.78 is 0. The Labute approximate surface area is 86.8 Å². The van der Waals surface area contributed by atoms with Crippen LogP contribution in [-0.2, 0) is 0 Å². The first-order chi connectivity index (χ1) is 6.29. The van der Waals surface area contributed by atoms with Gasteiger partial charge in [0.1, 0.15) is 0 Å². The van der Waals surface area contributed by atoms with E-state index < -0.39 is 0 Å². The largest absolute Gasteiger partial charge is 0.410 e. The molecule has 0 aliphatic rings. The molecule has 1 aromatic heterocycles. The van der Waals surface area contributed by atoms with Crippen LogP contribution in [0.15, 0.2) is 22.7 Å². The fraction of sp³-hybridized carbons (Fsp3) is 0.444. The fourth-order valence-corrected chi connectivity index (χ4v) is 2.38. The highest BCUT2D eigenvalue weighted by Gasteiger charge is 2.17. The molecular formula is C9H12ClNOS. The van der Waals surface area contributed by atoms with Gasteiger partial charge in [-0.3, -0.25) is 0 Å². The highest BCUT2D eigenvalue weighted by atomic mass is 35.5. The van der Waals surface area contributed by atoms with Crippen molar-refractivity contribution < 1.29 is 5.21 Å². The van der Waals surface area contributed by atoms with Crippen LogP contribution in [0.3, 0.4) is 0 Å². The summed E-state index contributed by atoms with van der Waals surface area (Å²) in [6.45, 7) is 2.09. The zero-order valence-electron chi connectivity index (χ0n) is 7.40. The Balaban J connectivity index is 2.80. The molecule has 1 atom stereocenters. The molecule has 0 aliphatic carbocycles. The van der Waals surface area contributed by atoms with E-state index in [4.69, 9.17) is 16.8 Å². The lowest BCUT2D eigenvalue weighted by atomic mass is 10.0. The first kappa shape index (κ1) is 10.5. The van der Waals surface area contributed by atoms with Gasteiger partial charge in [0.15, 0.2) is 5.17 Å². The van der Waals surface area contributed by atoms with E-state index in [1.807, 2.05) is 17.5 Å². The van der Waals surface area contributed by atoms with Gasteiger partial charge in [0.25, 0.3) is 0 Å². The van der Waals surface area contributed by atoms with Crippen LogP contribution in [0.25, 0.3) is 0 Å². The maximum atomic E-state index is 8.59. The molecule has 1 N–H and O–H groups in total. The van der Waals surface area contributed by atoms with Crippen LogP contribution in [0.2, 0.25) is 0 Å². The summed E-state index contributed by atoms with van der Waals surface area (Å²) in [5.74, 6) is 0.0664. The predicted octanol–water partition coefficient (Wildman–Crippen LogP) is 3.66. The van der Waals surface area contributed by atoms with Gasteiger partial charge in [-0.1, -0.05) is 36.2 Å². The maximum Gasteiger partial charge on any atom is 0.153 e. The minimum absolute atomic E-state index is 0.0664. The molecule has 13 heavy (non-hydrogen) atoms. The first-order valence-electron chi connectivity index (χ1n) is 4.20. The summed E-state index contributed by atoms with van der Waals surface area (Å²) in [6.07, 6.45) is 1.94. The van der Waals surface area contributed by atoms with Crippen molar-refractivity contribution in [1.29, 1.82) is 0 Å². The lowest BCUT2D eigenvalue weighted by molar-refractivity contribution is 0.318. The van der Waals surface area contributed by atoms with E-state index in [2.05, 4.69) is 12.1 Å². The third-order valence-corrected chi connectivity index (χ3v) is 3.17. The molecule has 0 spiro atoms. The number of nitrogens with zero attached hydrogens (tertiary/aromatic N) is 1. The van der Waals surface area contributed by atoms with Gasteiger partial charge in [-0.25, -0.2) is 0 Å². The Morgan fingerprint density at radius 1 is 1.77 bits per heavy atom. The minimum atomic E-state index is 0.0664. The second-order valence-electron chi connectivity index (χ2n) is 2.78. The zero-order chi connectivity index (χ0) is 9.68. The van der Waals surface area contributed by atoms with Crippen LogP contribution in [0.4, 0.5) is 0 Å². The maximum absolute atomic E-state index is 8.59. The third-order valence-electron chi connectivity index (χ3n) is 1.85. The standard InChI is InChI=1S/C9H12ClNOS/c1-2-4-7(9(10)11-12)8-5-3-6-13-8/h3,5-7,12H,2,4H2,1H3/b11-9-. The molecule has 1 rings (SSSR count). The predicted molar refractivity (Wildman–Crippen MR) is 57.0 cm³/mol. The molecular weight excluding hydrogens is 206 g/mol. The van der Waals surface area contributed by atoms with Crippen LogP contribution in [0.5, 0.6) is 0 Å². The van der Waals surface area contributed by atoms with Crippen molar-refractivity contribution in [3.8, 4) is 0 Å². The molecule has 0 aromatic carbocycles. The van der Waals surface area contributed by atoms with Crippen molar-refractivity contribution >= 4 is 28.1 Å². The Morgan fingerprint density at radius 2 is 2.54 bits per heavy atom. The van der Waals surface area contributed by atoms with Gasteiger partial charge in [-0.05, 0) is 17.9 Å². The zero-order valence-corrected chi connectivity index (χ0v) is 8.98. The number of thiophene rings is 1. The van der Waals surface area contributed by atoms with E-state index in [9.17, 15) is 0 Å². The quantitative estimate of drug-likeness (QED) is 0.466. The van der Waals surface area contributed by atoms with E-state index in [0.29, 0.717) is 0 Å². The van der Waals surface area contributed by atoms with Crippen LogP contribution in [0.1, 0.15) is 30.6 Å². The van der Waals surface area contributed by atoms with E-state index >= 15 is 0 Å². The SMILES string of the molecule is CCCC(/C(Cl)=N/O)c1cccs1. The fourth-order valence-electron chi connectivity index (χ4n) is 1.23. The van der Waals surface area contributed by atoms with Crippen molar-refractivity contribution in [2.75, 3.05) is 0 Å². The van der Waals surface area contributed by atoms with Gasteiger partial charge in [-0.2, -0.15) is 0 Å². The topological polar surface area (TPSA) is 32.6 Å². The summed E-state index contributed by atoms with van der Waals surface area (Å²) in [7, 11) is 0. The molecule has 4 heteroatoms. The number of hydrogen-bond acceptors (Lipinski definition) is 3. The summed E-state index contributed by atoms with van der Waals surface area (Å²) >= 11 is 7.45. The number of oxime groups is 1. The molecule has 0 bridgehead atoms. The summed E-state index contributed by atoms with van der Waals surface area (Å²) in [4.78, 5) is 1.16. The molecule has 1 aromatic rings. The second-order valence-corrected chi connectivity index (χ2v) is 4.15. The number of halogens is 1. The first-order valence-corrected chi connectivity index (χ1v) is 5.46. The second kappa shape index (κ2) is 5.25. The highest BCUT2D eigenvalue weighted by Crippen LogP contribution is 2.28. The van der Waals surface area contributed by atoms with Gasteiger partial charge < -0.3 is 5.21 Å². The Kier molecular flexibility index (Phi) is 4.25. The summed E-state index contributed by atoms with van der Waals surface area (Å²) in [5, 5.41) is 13.9. The lowest BCUT2D eigenvalue weighted by Crippen LogP contribution is -2.04. The molecule has 2 nitrogen and oxygen atoms in total. The van der Waals surface area contributed by atoms with Crippen LogP contribution in [0, 0.1) is 0 Å². The van der Waals surface area contributed by atoms with Gasteiger partial charge in [0.05, 0.1) is 5.92 Å². The third kappa shape index (κ3) is 2.71. The summed E-state index contributed by atoms with van der Waals surface area (Å²) in [5.41, 5.74) is 0. The average Bonchev–Trinajstić information content (AvgIpc) is 2.65. The molecule has 1 heterocycles. The van der Waals surface area contributed by atoms with Gasteiger partial charge in [-0.15, -0.1) is 11.3 Å². The highest BCUT2D eigenvalue weighted by molar-refractivity contribution is 7.10. The van der Waals surface area contributed by atoms with Crippen molar-refractivity contribution in [3.05, 3.63) is 22.4 Å². The van der Waals surface area contributed by atoms with Crippen LogP contribution in [-0.4, -0.2) is 10.4 Å². The number of hydrogen-bond donors (Lipinski definition) is 1. The van der Waals surface area contributed by atoms with Crippen molar-refractivity contribution in [2.24, 2.45) is 5.16 Å². The van der Waals surface area contributed by atoms with Crippen molar-refractivity contribution in [1.82, 2.24) is 0 Å². The van der Waals surface area contributed by atoms with Gasteiger partial charge in [0, 0.05) is 4.88 Å². The van der Waals surface area contributed by atoms with Gasteiger partial charge >= 0.3 is 0 Å². The Hall–Kier alpha value is -0.540. The molecule has 0 radical (unpaired) electrons. The Morgan fingerprint density at radius 3 is 3.00 bits per heavy atom. The molecule has 0 saturated heterocycles. The molecule has 1 unspecified atom stereocenters. The number of rotatable bonds is 4. The smallest absolute Gasteiger partial charge is 0.153 e. The van der Waals surface area contributed by atoms with Crippen molar-refractivity contribution in [2.45, 2.75) is 25.7 Å². The molecule has 0 amide bonds. The average molecular weight is 218 g/mol. The lowest BCUT2D eigenvalue weighted by Gasteiger charge is -2.10. The monoisotopic (exact) mass is 217 g/mol. The van der Waals surface area contributed by atoms with Crippen LogP contribution < -0.4 is 0 Å². The van der Waals surface area contributed by atoms with E-state index in [1.54, 1.807) is 11.3 Å². The summed E-state index contributed by atoms with van der Waals surface area (Å²) in [6, 6.07) is 3.99. The normalized spacial score (nSPS) is 14.5. The van der Waals surface area contributed by atoms with E-state index in [0.717, 1.165) is 17.7 Å². The van der Waals surface area contributed by atoms with Crippen molar-refractivity contribution in [3.63, 3.8) is 0 Å². The molecule has 0 aliphatic heterocycles.